The van der Waals surface area contributed by atoms with Gasteiger partial charge in [-0.2, -0.15) is 0 Å². The van der Waals surface area contributed by atoms with Gasteiger partial charge in [0.2, 0.25) is 17.5 Å². The summed E-state index contributed by atoms with van der Waals surface area (Å²) in [4.78, 5) is 54.0. The molecule has 0 aromatic heterocycles. The number of primary amides is 1. The number of nitrogens with zero attached hydrogens (tertiary/aromatic N) is 2. The molecule has 1 aliphatic carbocycles. The molecule has 5 aliphatic rings. The average Bonchev–Trinajstić information content (AvgIpc) is 3.03. The van der Waals surface area contributed by atoms with E-state index in [1.54, 1.807) is 16.7 Å². The second kappa shape index (κ2) is 6.02. The van der Waals surface area contributed by atoms with Crippen molar-refractivity contribution in [2.75, 3.05) is 33.5 Å². The number of Topliss-reactive ketones (excluding diaryl/α,β-unsaturated/α-hetero) is 2. The number of nitrogens with two attached hydrogens (primary N) is 1. The molecule has 0 radical (unpaired) electrons. The Bertz CT molecular complexity index is 909. The van der Waals surface area contributed by atoms with Crippen LogP contribution in [0, 0.1) is 11.8 Å². The Hall–Kier alpha value is -2.50. The van der Waals surface area contributed by atoms with E-state index in [1.165, 1.54) is 14.0 Å². The van der Waals surface area contributed by atoms with Crippen molar-refractivity contribution >= 4 is 23.6 Å². The molecule has 162 valence electrons. The largest absolute Gasteiger partial charge is 0.449 e. The number of ketones is 2. The molecule has 30 heavy (non-hydrogen) atoms. The summed E-state index contributed by atoms with van der Waals surface area (Å²) in [5, 5.41) is 0. The fourth-order valence-electron chi connectivity index (χ4n) is 5.88. The van der Waals surface area contributed by atoms with Crippen molar-refractivity contribution in [1.82, 2.24) is 9.80 Å². The standard InChI is InChI=1S/C19H23N3O8/c1-8-14(24)13-12(16(25)19(8)29-4-5-30-19)10(7-28-17(20)26)18(27-3)15-11(6-21(13)18)22(15)9(2)23/h8,10-11,15H,4-7H2,1-3H3,(H2,20,26)/t8?,10-,11?,15?,18-,22?/m1/s1. The number of amides is 2. The molecule has 4 heterocycles. The van der Waals surface area contributed by atoms with Crippen molar-refractivity contribution in [3.8, 4) is 0 Å². The van der Waals surface area contributed by atoms with Crippen LogP contribution in [0.2, 0.25) is 0 Å². The Kier molecular flexibility index (Phi) is 3.91. The van der Waals surface area contributed by atoms with Crippen LogP contribution in [-0.2, 0) is 33.3 Å². The van der Waals surface area contributed by atoms with Gasteiger partial charge in [-0.15, -0.1) is 0 Å². The van der Waals surface area contributed by atoms with Gasteiger partial charge in [0.15, 0.2) is 11.5 Å². The second-order valence-electron chi connectivity index (χ2n) is 8.23. The predicted molar refractivity (Wildman–Crippen MR) is 96.4 cm³/mol. The van der Waals surface area contributed by atoms with Crippen LogP contribution in [-0.4, -0.2) is 90.4 Å². The Morgan fingerprint density at radius 3 is 2.50 bits per heavy atom. The molecule has 0 aromatic carbocycles. The monoisotopic (exact) mass is 421 g/mol. The Labute approximate surface area is 172 Å². The quantitative estimate of drug-likeness (QED) is 0.554. The van der Waals surface area contributed by atoms with Crippen LogP contribution in [0.3, 0.4) is 0 Å². The van der Waals surface area contributed by atoms with E-state index < -0.39 is 35.2 Å². The molecule has 11 heteroatoms. The van der Waals surface area contributed by atoms with Gasteiger partial charge in [-0.25, -0.2) is 4.79 Å². The first kappa shape index (κ1) is 19.5. The number of hydrogen-bond acceptors (Lipinski definition) is 9. The lowest BCUT2D eigenvalue weighted by Crippen LogP contribution is -2.56. The van der Waals surface area contributed by atoms with E-state index in [2.05, 4.69) is 0 Å². The lowest BCUT2D eigenvalue weighted by atomic mass is 9.76. The molecule has 2 N–H and O–H groups in total. The minimum atomic E-state index is -1.70. The number of carbonyl (C=O) groups excluding carboxylic acids is 4. The average molecular weight is 421 g/mol. The molecule has 0 bridgehead atoms. The van der Waals surface area contributed by atoms with Crippen LogP contribution in [0.5, 0.6) is 0 Å². The number of piperazine rings is 1. The van der Waals surface area contributed by atoms with Gasteiger partial charge in [0, 0.05) is 26.2 Å². The highest BCUT2D eigenvalue weighted by atomic mass is 16.7. The van der Waals surface area contributed by atoms with Gasteiger partial charge in [-0.05, 0) is 6.92 Å². The van der Waals surface area contributed by atoms with E-state index in [4.69, 9.17) is 24.7 Å². The number of carbonyl (C=O) groups is 4. The summed E-state index contributed by atoms with van der Waals surface area (Å²) < 4.78 is 22.4. The van der Waals surface area contributed by atoms with E-state index in [1.807, 2.05) is 0 Å². The minimum absolute atomic E-state index is 0.134. The SMILES string of the molecule is CO[C@]12C3C(CN1C1=C(C(=O)C4(OCCO4)C(C)C1=O)[C@H]2COC(N)=O)N3C(C)=O. The Balaban J connectivity index is 1.65. The third-order valence-corrected chi connectivity index (χ3v) is 7.08. The first-order valence-corrected chi connectivity index (χ1v) is 9.87. The van der Waals surface area contributed by atoms with Crippen LogP contribution in [0.15, 0.2) is 11.3 Å². The van der Waals surface area contributed by atoms with Gasteiger partial charge in [0.25, 0.3) is 0 Å². The normalized spacial score (nSPS) is 38.1. The van der Waals surface area contributed by atoms with E-state index in [0.29, 0.717) is 6.54 Å². The van der Waals surface area contributed by atoms with Crippen LogP contribution >= 0.6 is 0 Å². The number of rotatable bonds is 3. The fraction of sp³-hybridized carbons (Fsp3) is 0.684. The number of ether oxygens (including phenoxy) is 4. The van der Waals surface area contributed by atoms with Crippen LogP contribution in [0.1, 0.15) is 13.8 Å². The third-order valence-electron chi connectivity index (χ3n) is 7.08. The van der Waals surface area contributed by atoms with Crippen LogP contribution in [0.25, 0.3) is 0 Å². The molecule has 5 atom stereocenters. The van der Waals surface area contributed by atoms with Gasteiger partial charge < -0.3 is 34.5 Å². The van der Waals surface area contributed by atoms with E-state index in [0.717, 1.165) is 0 Å². The van der Waals surface area contributed by atoms with E-state index in [-0.39, 0.29) is 54.9 Å². The molecule has 3 unspecified atom stereocenters. The molecule has 3 saturated heterocycles. The topological polar surface area (TPSA) is 137 Å². The maximum absolute atomic E-state index is 13.7. The molecule has 4 aliphatic heterocycles. The minimum Gasteiger partial charge on any atom is -0.449 e. The number of allylic oxidation sites excluding steroid dienone is 1. The molecule has 11 nitrogen and oxygen atoms in total. The molecular weight excluding hydrogens is 398 g/mol. The summed E-state index contributed by atoms with van der Waals surface area (Å²) in [6.07, 6.45) is -1.01. The van der Waals surface area contributed by atoms with E-state index in [9.17, 15) is 19.2 Å². The van der Waals surface area contributed by atoms with Gasteiger partial charge >= 0.3 is 6.09 Å². The molecule has 5 rings (SSSR count). The highest BCUT2D eigenvalue weighted by Crippen LogP contribution is 2.61. The number of hydrogen-bond donors (Lipinski definition) is 1. The number of methoxy groups -OCH3 is 1. The molecule has 3 fully saturated rings. The zero-order valence-corrected chi connectivity index (χ0v) is 16.9. The summed E-state index contributed by atoms with van der Waals surface area (Å²) >= 11 is 0. The van der Waals surface area contributed by atoms with Crippen molar-refractivity contribution in [3.63, 3.8) is 0 Å². The van der Waals surface area contributed by atoms with Crippen molar-refractivity contribution < 1.29 is 38.1 Å². The van der Waals surface area contributed by atoms with E-state index >= 15 is 0 Å². The third kappa shape index (κ3) is 2.05. The predicted octanol–water partition coefficient (Wildman–Crippen LogP) is -1.25. The first-order valence-electron chi connectivity index (χ1n) is 9.87. The summed E-state index contributed by atoms with van der Waals surface area (Å²) in [7, 11) is 1.46. The maximum atomic E-state index is 13.7. The van der Waals surface area contributed by atoms with Gasteiger partial charge in [0.05, 0.1) is 36.8 Å². The summed E-state index contributed by atoms with van der Waals surface area (Å²) in [6, 6.07) is -0.537. The molecule has 1 spiro atoms. The fourth-order valence-corrected chi connectivity index (χ4v) is 5.88. The van der Waals surface area contributed by atoms with Crippen molar-refractivity contribution in [1.29, 1.82) is 0 Å². The highest BCUT2D eigenvalue weighted by molar-refractivity contribution is 6.17. The zero-order valence-electron chi connectivity index (χ0n) is 16.9. The van der Waals surface area contributed by atoms with Gasteiger partial charge in [-0.3, -0.25) is 14.4 Å². The molecule has 0 aromatic rings. The van der Waals surface area contributed by atoms with Crippen LogP contribution in [0.4, 0.5) is 4.79 Å². The van der Waals surface area contributed by atoms with Gasteiger partial charge in [-0.1, -0.05) is 0 Å². The molecule has 0 saturated carbocycles. The lowest BCUT2D eigenvalue weighted by Gasteiger charge is -2.41. The van der Waals surface area contributed by atoms with Gasteiger partial charge in [0.1, 0.15) is 12.6 Å². The molecular formula is C19H23N3O8. The van der Waals surface area contributed by atoms with Crippen molar-refractivity contribution in [2.24, 2.45) is 17.6 Å². The zero-order chi connectivity index (χ0) is 21.6. The van der Waals surface area contributed by atoms with Crippen LogP contribution < -0.4 is 5.73 Å². The Morgan fingerprint density at radius 1 is 1.27 bits per heavy atom. The second-order valence-corrected chi connectivity index (χ2v) is 8.23. The Morgan fingerprint density at radius 2 is 1.93 bits per heavy atom. The van der Waals surface area contributed by atoms with Crippen molar-refractivity contribution in [3.05, 3.63) is 11.3 Å². The smallest absolute Gasteiger partial charge is 0.404 e. The highest BCUT2D eigenvalue weighted by Gasteiger charge is 2.78. The lowest BCUT2D eigenvalue weighted by molar-refractivity contribution is -0.197. The maximum Gasteiger partial charge on any atom is 0.404 e. The first-order chi connectivity index (χ1) is 14.2. The summed E-state index contributed by atoms with van der Waals surface area (Å²) in [6.45, 7) is 3.50. The van der Waals surface area contributed by atoms with Crippen molar-refractivity contribution in [2.45, 2.75) is 37.4 Å². The number of fused-ring (bicyclic) bond motifs is 4. The summed E-state index contributed by atoms with van der Waals surface area (Å²) in [5.41, 5.74) is 4.35. The molecule has 2 amide bonds. The summed E-state index contributed by atoms with van der Waals surface area (Å²) in [5.74, 6) is -4.29.